The number of ether oxygens (including phenoxy) is 1. The summed E-state index contributed by atoms with van der Waals surface area (Å²) < 4.78 is 7.12. The van der Waals surface area contributed by atoms with E-state index in [2.05, 4.69) is 5.32 Å². The van der Waals surface area contributed by atoms with Gasteiger partial charge in [-0.25, -0.2) is 0 Å². The fourth-order valence-corrected chi connectivity index (χ4v) is 4.38. The van der Waals surface area contributed by atoms with Crippen LogP contribution in [-0.2, 0) is 21.4 Å². The molecule has 3 saturated heterocycles. The molecular formula is C18H24N4O4. The van der Waals surface area contributed by atoms with Gasteiger partial charge in [-0.2, -0.15) is 0 Å². The predicted molar refractivity (Wildman–Crippen MR) is 92.3 cm³/mol. The molecule has 4 heterocycles. The van der Waals surface area contributed by atoms with Gasteiger partial charge in [-0.15, -0.1) is 0 Å². The highest BCUT2D eigenvalue weighted by Crippen LogP contribution is 2.32. The molecular weight excluding hydrogens is 336 g/mol. The second-order valence-corrected chi connectivity index (χ2v) is 7.35. The van der Waals surface area contributed by atoms with E-state index in [1.807, 2.05) is 19.3 Å². The fourth-order valence-electron chi connectivity index (χ4n) is 4.38. The Balaban J connectivity index is 1.46. The molecule has 4 rings (SSSR count). The first kappa shape index (κ1) is 17.1. The second kappa shape index (κ2) is 6.42. The lowest BCUT2D eigenvalue weighted by molar-refractivity contribution is -0.161. The number of piperazine rings is 1. The first-order valence-corrected chi connectivity index (χ1v) is 9.05. The number of methoxy groups -OCH3 is 1. The predicted octanol–water partition coefficient (Wildman–Crippen LogP) is -0.256. The third-order valence-corrected chi connectivity index (χ3v) is 5.85. The van der Waals surface area contributed by atoms with Crippen molar-refractivity contribution in [1.82, 2.24) is 19.7 Å². The van der Waals surface area contributed by atoms with Crippen molar-refractivity contribution in [3.05, 3.63) is 24.0 Å². The highest BCUT2D eigenvalue weighted by atomic mass is 16.5. The quantitative estimate of drug-likeness (QED) is 0.805. The maximum atomic E-state index is 12.9. The number of aryl methyl sites for hydroxylation is 1. The third-order valence-electron chi connectivity index (χ3n) is 5.85. The summed E-state index contributed by atoms with van der Waals surface area (Å²) in [4.78, 5) is 41.5. The van der Waals surface area contributed by atoms with Gasteiger partial charge in [0.25, 0.3) is 5.91 Å². The molecule has 8 heteroatoms. The van der Waals surface area contributed by atoms with Crippen molar-refractivity contribution in [2.24, 2.45) is 7.05 Å². The van der Waals surface area contributed by atoms with E-state index in [4.69, 9.17) is 4.74 Å². The molecule has 1 aromatic heterocycles. The summed E-state index contributed by atoms with van der Waals surface area (Å²) in [7, 11) is 3.43. The molecule has 3 amide bonds. The molecule has 0 radical (unpaired) electrons. The van der Waals surface area contributed by atoms with E-state index in [1.165, 1.54) is 0 Å². The molecule has 1 aromatic rings. The summed E-state index contributed by atoms with van der Waals surface area (Å²) in [5.41, 5.74) is 0.584. The zero-order valence-corrected chi connectivity index (χ0v) is 15.1. The maximum absolute atomic E-state index is 12.9. The Bertz CT molecular complexity index is 745. The first-order chi connectivity index (χ1) is 12.5. The van der Waals surface area contributed by atoms with Crippen LogP contribution in [0.25, 0.3) is 0 Å². The van der Waals surface area contributed by atoms with Crippen molar-refractivity contribution in [3.63, 3.8) is 0 Å². The Hall–Kier alpha value is -2.35. The average molecular weight is 360 g/mol. The first-order valence-electron chi connectivity index (χ1n) is 9.05. The molecule has 0 saturated carbocycles. The molecule has 4 unspecified atom stereocenters. The zero-order chi connectivity index (χ0) is 18.4. The van der Waals surface area contributed by atoms with Crippen LogP contribution >= 0.6 is 0 Å². The van der Waals surface area contributed by atoms with Gasteiger partial charge in [0, 0.05) is 45.9 Å². The van der Waals surface area contributed by atoms with Crippen molar-refractivity contribution in [2.75, 3.05) is 20.2 Å². The maximum Gasteiger partial charge on any atom is 0.268 e. The van der Waals surface area contributed by atoms with Crippen LogP contribution in [-0.4, -0.2) is 76.5 Å². The van der Waals surface area contributed by atoms with Crippen LogP contribution in [0, 0.1) is 0 Å². The number of carbonyl (C=O) groups is 3. The molecule has 3 fully saturated rings. The smallest absolute Gasteiger partial charge is 0.268 e. The number of hydrogen-bond acceptors (Lipinski definition) is 4. The standard InChI is InChI=1S/C18H24N4O4/c1-20-6-3-4-13(20)16(23)19-11-5-7-21-14(8-11)18(25)22-10-12(26-2)9-15(22)17(21)24/h3-4,6,11-12,14-15H,5,7-10H2,1-2H3,(H,19,23). The van der Waals surface area contributed by atoms with Crippen LogP contribution in [0.1, 0.15) is 29.8 Å². The number of nitrogens with one attached hydrogen (secondary N) is 1. The minimum absolute atomic E-state index is 0.0151. The lowest BCUT2D eigenvalue weighted by atomic mass is 9.92. The summed E-state index contributed by atoms with van der Waals surface area (Å²) >= 11 is 0. The SMILES string of the molecule is COC1CC2C(=O)N3CCC(NC(=O)c4cccn4C)CC3C(=O)N2C1. The highest BCUT2D eigenvalue weighted by molar-refractivity contribution is 5.98. The summed E-state index contributed by atoms with van der Waals surface area (Å²) in [6.45, 7) is 0.964. The van der Waals surface area contributed by atoms with Gasteiger partial charge in [0.15, 0.2) is 0 Å². The number of amides is 3. The molecule has 0 bridgehead atoms. The Morgan fingerprint density at radius 2 is 1.92 bits per heavy atom. The molecule has 3 aliphatic heterocycles. The van der Waals surface area contributed by atoms with Crippen molar-refractivity contribution >= 4 is 17.7 Å². The molecule has 1 N–H and O–H groups in total. The molecule has 140 valence electrons. The Kier molecular flexibility index (Phi) is 4.22. The van der Waals surface area contributed by atoms with Gasteiger partial charge in [0.1, 0.15) is 17.8 Å². The number of hydrogen-bond donors (Lipinski definition) is 1. The van der Waals surface area contributed by atoms with Crippen LogP contribution in [0.4, 0.5) is 0 Å². The van der Waals surface area contributed by atoms with E-state index < -0.39 is 12.1 Å². The monoisotopic (exact) mass is 360 g/mol. The van der Waals surface area contributed by atoms with Crippen LogP contribution < -0.4 is 5.32 Å². The Morgan fingerprint density at radius 3 is 2.62 bits per heavy atom. The van der Waals surface area contributed by atoms with Crippen molar-refractivity contribution < 1.29 is 19.1 Å². The topological polar surface area (TPSA) is 83.9 Å². The van der Waals surface area contributed by atoms with Crippen LogP contribution in [0.3, 0.4) is 0 Å². The van der Waals surface area contributed by atoms with E-state index in [0.29, 0.717) is 38.0 Å². The van der Waals surface area contributed by atoms with Gasteiger partial charge in [-0.3, -0.25) is 14.4 Å². The van der Waals surface area contributed by atoms with Gasteiger partial charge in [0.05, 0.1) is 6.10 Å². The lowest BCUT2D eigenvalue weighted by Crippen LogP contribution is -2.66. The van der Waals surface area contributed by atoms with E-state index >= 15 is 0 Å². The van der Waals surface area contributed by atoms with Crippen molar-refractivity contribution in [3.8, 4) is 0 Å². The molecule has 8 nitrogen and oxygen atoms in total. The van der Waals surface area contributed by atoms with Gasteiger partial charge < -0.3 is 24.4 Å². The highest BCUT2D eigenvalue weighted by Gasteiger charge is 2.52. The summed E-state index contributed by atoms with van der Waals surface area (Å²) in [6, 6.07) is 2.59. The summed E-state index contributed by atoms with van der Waals surface area (Å²) in [5, 5.41) is 3.02. The summed E-state index contributed by atoms with van der Waals surface area (Å²) in [5.74, 6) is -0.155. The molecule has 26 heavy (non-hydrogen) atoms. The van der Waals surface area contributed by atoms with Crippen LogP contribution in [0.5, 0.6) is 0 Å². The molecule has 0 spiro atoms. The van der Waals surface area contributed by atoms with E-state index in [9.17, 15) is 14.4 Å². The van der Waals surface area contributed by atoms with Gasteiger partial charge in [-0.05, 0) is 25.0 Å². The molecule has 4 atom stereocenters. The van der Waals surface area contributed by atoms with Gasteiger partial charge in [0.2, 0.25) is 11.8 Å². The van der Waals surface area contributed by atoms with E-state index in [0.717, 1.165) is 0 Å². The normalized spacial score (nSPS) is 31.0. The molecule has 0 aromatic carbocycles. The Labute approximate surface area is 152 Å². The minimum Gasteiger partial charge on any atom is -0.380 e. The van der Waals surface area contributed by atoms with Crippen molar-refractivity contribution in [2.45, 2.75) is 43.5 Å². The fraction of sp³-hybridized carbons (Fsp3) is 0.611. The van der Waals surface area contributed by atoms with E-state index in [-0.39, 0.29) is 29.9 Å². The van der Waals surface area contributed by atoms with Crippen LogP contribution in [0.2, 0.25) is 0 Å². The molecule has 0 aliphatic carbocycles. The number of carbonyl (C=O) groups excluding carboxylic acids is 3. The number of aromatic nitrogens is 1. The molecule has 3 aliphatic rings. The number of nitrogens with zero attached hydrogens (tertiary/aromatic N) is 3. The van der Waals surface area contributed by atoms with Crippen LogP contribution in [0.15, 0.2) is 18.3 Å². The number of fused-ring (bicyclic) bond motifs is 2. The Morgan fingerprint density at radius 1 is 1.19 bits per heavy atom. The third kappa shape index (κ3) is 2.68. The van der Waals surface area contributed by atoms with E-state index in [1.54, 1.807) is 27.5 Å². The lowest BCUT2D eigenvalue weighted by Gasteiger charge is -2.46. The van der Waals surface area contributed by atoms with Gasteiger partial charge >= 0.3 is 0 Å². The number of rotatable bonds is 3. The largest absolute Gasteiger partial charge is 0.380 e. The second-order valence-electron chi connectivity index (χ2n) is 7.35. The average Bonchev–Trinajstić information content (AvgIpc) is 3.26. The van der Waals surface area contributed by atoms with Gasteiger partial charge in [-0.1, -0.05) is 0 Å². The minimum atomic E-state index is -0.484. The zero-order valence-electron chi connectivity index (χ0n) is 15.1. The number of piperidine rings is 1. The summed E-state index contributed by atoms with van der Waals surface area (Å²) in [6.07, 6.45) is 3.42. The van der Waals surface area contributed by atoms with Crippen molar-refractivity contribution in [1.29, 1.82) is 0 Å².